The molecule has 4 rings (SSSR count). The molecule has 0 aliphatic heterocycles. The number of nitrogens with zero attached hydrogens (tertiary/aromatic N) is 4. The van der Waals surface area contributed by atoms with Crippen LogP contribution in [0.3, 0.4) is 0 Å². The van der Waals surface area contributed by atoms with E-state index in [4.69, 9.17) is 9.47 Å². The summed E-state index contributed by atoms with van der Waals surface area (Å²) >= 11 is 0. The van der Waals surface area contributed by atoms with Gasteiger partial charge in [0.15, 0.2) is 0 Å². The average Bonchev–Trinajstić information content (AvgIpc) is 3.34. The number of fused-ring (bicyclic) bond motifs is 1. The zero-order chi connectivity index (χ0) is 28.0. The topological polar surface area (TPSA) is 98.6 Å². The van der Waals surface area contributed by atoms with Crippen LogP contribution in [0.2, 0.25) is 0 Å². The Labute approximate surface area is 228 Å². The smallest absolute Gasteiger partial charge is 0.249 e. The lowest BCUT2D eigenvalue weighted by molar-refractivity contribution is -0.128. The molecule has 4 aromatic rings. The number of benzene rings is 3. The highest BCUT2D eigenvalue weighted by atomic mass is 16.5. The molecule has 3 aromatic carbocycles. The van der Waals surface area contributed by atoms with E-state index in [0.717, 1.165) is 5.52 Å². The number of amides is 2. The van der Waals surface area contributed by atoms with Crippen molar-refractivity contribution in [3.8, 4) is 11.5 Å². The molecule has 0 saturated carbocycles. The quantitative estimate of drug-likeness (QED) is 0.296. The van der Waals surface area contributed by atoms with Crippen molar-refractivity contribution in [2.45, 2.75) is 52.2 Å². The van der Waals surface area contributed by atoms with Crippen molar-refractivity contribution in [2.75, 3.05) is 18.6 Å². The van der Waals surface area contributed by atoms with Gasteiger partial charge in [0.05, 0.1) is 24.9 Å². The van der Waals surface area contributed by atoms with E-state index in [2.05, 4.69) is 15.6 Å². The van der Waals surface area contributed by atoms with E-state index < -0.39 is 11.6 Å². The van der Waals surface area contributed by atoms with E-state index in [1.165, 1.54) is 4.90 Å². The second kappa shape index (κ2) is 12.0. The molecule has 2 amide bonds. The van der Waals surface area contributed by atoms with Crippen molar-refractivity contribution >= 4 is 28.5 Å². The molecule has 9 heteroatoms. The first kappa shape index (κ1) is 27.6. The lowest BCUT2D eigenvalue weighted by atomic mass is 9.98. The summed E-state index contributed by atoms with van der Waals surface area (Å²) in [4.78, 5) is 29.8. The van der Waals surface area contributed by atoms with Crippen LogP contribution in [0.4, 0.5) is 5.69 Å². The molecule has 1 atom stereocenters. The minimum Gasteiger partial charge on any atom is -0.497 e. The first-order valence-electron chi connectivity index (χ1n) is 13.1. The van der Waals surface area contributed by atoms with Gasteiger partial charge in [0.1, 0.15) is 29.6 Å². The standard InChI is InChI=1S/C30H35N5O4/c1-6-30(3,4)31-29(37)28(21-16-18-22(38-5)19-17-21)35(25-14-10-11-15-26(25)39-7-2)27(36)20-34-24-13-9-8-12-23(24)32-33-34/h8-19,28H,6-7,20H2,1-5H3,(H,31,37). The summed E-state index contributed by atoms with van der Waals surface area (Å²) in [5.74, 6) is 0.490. The van der Waals surface area contributed by atoms with Gasteiger partial charge < -0.3 is 14.8 Å². The molecule has 0 radical (unpaired) electrons. The Morgan fingerprint density at radius 1 is 1.00 bits per heavy atom. The number of rotatable bonds is 11. The van der Waals surface area contributed by atoms with Crippen molar-refractivity contribution in [2.24, 2.45) is 0 Å². The number of carbonyl (C=O) groups excluding carboxylic acids is 2. The molecular formula is C30H35N5O4. The highest BCUT2D eigenvalue weighted by molar-refractivity contribution is 6.02. The first-order valence-corrected chi connectivity index (χ1v) is 13.1. The molecule has 0 fully saturated rings. The zero-order valence-electron chi connectivity index (χ0n) is 23.0. The Balaban J connectivity index is 1.86. The first-order chi connectivity index (χ1) is 18.8. The Morgan fingerprint density at radius 2 is 1.69 bits per heavy atom. The fraction of sp³-hybridized carbons (Fsp3) is 0.333. The summed E-state index contributed by atoms with van der Waals surface area (Å²) < 4.78 is 12.8. The van der Waals surface area contributed by atoms with Gasteiger partial charge in [-0.05, 0) is 69.2 Å². The Kier molecular flexibility index (Phi) is 8.49. The monoisotopic (exact) mass is 529 g/mol. The van der Waals surface area contributed by atoms with Crippen LogP contribution in [0.15, 0.2) is 72.8 Å². The highest BCUT2D eigenvalue weighted by Crippen LogP contribution is 2.36. The lowest BCUT2D eigenvalue weighted by Gasteiger charge is -2.35. The fourth-order valence-electron chi connectivity index (χ4n) is 4.28. The van der Waals surface area contributed by atoms with E-state index in [1.807, 2.05) is 64.1 Å². The lowest BCUT2D eigenvalue weighted by Crippen LogP contribution is -2.51. The Hall–Kier alpha value is -4.40. The number of methoxy groups -OCH3 is 1. The summed E-state index contributed by atoms with van der Waals surface area (Å²) in [7, 11) is 1.58. The van der Waals surface area contributed by atoms with Crippen LogP contribution in [-0.2, 0) is 16.1 Å². The maximum atomic E-state index is 14.3. The van der Waals surface area contributed by atoms with Gasteiger partial charge in [0.2, 0.25) is 11.8 Å². The van der Waals surface area contributed by atoms with Gasteiger partial charge in [-0.3, -0.25) is 14.5 Å². The third-order valence-corrected chi connectivity index (χ3v) is 6.68. The van der Waals surface area contributed by atoms with Crippen LogP contribution in [-0.4, -0.2) is 46.1 Å². The molecule has 1 unspecified atom stereocenters. The van der Waals surface area contributed by atoms with Crippen LogP contribution in [0, 0.1) is 0 Å². The SMILES string of the molecule is CCOc1ccccc1N(C(=O)Cn1nnc2ccccc21)C(C(=O)NC(C)(C)CC)c1ccc(OC)cc1. The average molecular weight is 530 g/mol. The summed E-state index contributed by atoms with van der Waals surface area (Å²) in [6.45, 7) is 8.07. The summed E-state index contributed by atoms with van der Waals surface area (Å²) in [6.07, 6.45) is 0.711. The van der Waals surface area contributed by atoms with Crippen LogP contribution in [0.5, 0.6) is 11.5 Å². The van der Waals surface area contributed by atoms with Crippen molar-refractivity contribution in [3.05, 3.63) is 78.4 Å². The van der Waals surface area contributed by atoms with Crippen molar-refractivity contribution in [1.82, 2.24) is 20.3 Å². The largest absolute Gasteiger partial charge is 0.497 e. The van der Waals surface area contributed by atoms with E-state index in [-0.39, 0.29) is 18.4 Å². The molecule has 9 nitrogen and oxygen atoms in total. The van der Waals surface area contributed by atoms with Gasteiger partial charge in [-0.25, -0.2) is 4.68 Å². The maximum absolute atomic E-state index is 14.3. The van der Waals surface area contributed by atoms with Gasteiger partial charge in [0.25, 0.3) is 0 Å². The van der Waals surface area contributed by atoms with Crippen LogP contribution < -0.4 is 19.7 Å². The van der Waals surface area contributed by atoms with Crippen molar-refractivity contribution in [3.63, 3.8) is 0 Å². The Bertz CT molecular complexity index is 1430. The predicted molar refractivity (Wildman–Crippen MR) is 151 cm³/mol. The van der Waals surface area contributed by atoms with E-state index in [9.17, 15) is 9.59 Å². The number of hydrogen-bond acceptors (Lipinski definition) is 6. The molecule has 39 heavy (non-hydrogen) atoms. The van der Waals surface area contributed by atoms with Gasteiger partial charge >= 0.3 is 0 Å². The summed E-state index contributed by atoms with van der Waals surface area (Å²) in [5.41, 5.74) is 2.03. The van der Waals surface area contributed by atoms with Gasteiger partial charge in [-0.1, -0.05) is 48.5 Å². The number of nitrogens with one attached hydrogen (secondary N) is 1. The molecule has 1 N–H and O–H groups in total. The molecule has 0 aliphatic rings. The molecule has 1 aromatic heterocycles. The minimum absolute atomic E-state index is 0.127. The van der Waals surface area contributed by atoms with E-state index in [0.29, 0.717) is 41.3 Å². The van der Waals surface area contributed by atoms with E-state index >= 15 is 0 Å². The number of anilines is 1. The molecule has 0 saturated heterocycles. The second-order valence-electron chi connectivity index (χ2n) is 9.80. The van der Waals surface area contributed by atoms with Crippen LogP contribution in [0.1, 0.15) is 45.7 Å². The third kappa shape index (κ3) is 6.19. The normalized spacial score (nSPS) is 12.1. The maximum Gasteiger partial charge on any atom is 0.249 e. The fourth-order valence-corrected chi connectivity index (χ4v) is 4.28. The van der Waals surface area contributed by atoms with Gasteiger partial charge in [-0.15, -0.1) is 5.10 Å². The van der Waals surface area contributed by atoms with Crippen LogP contribution >= 0.6 is 0 Å². The molecular weight excluding hydrogens is 494 g/mol. The third-order valence-electron chi connectivity index (χ3n) is 6.68. The van der Waals surface area contributed by atoms with E-state index in [1.54, 1.807) is 48.2 Å². The Morgan fingerprint density at radius 3 is 2.38 bits per heavy atom. The number of ether oxygens (including phenoxy) is 2. The zero-order valence-corrected chi connectivity index (χ0v) is 23.0. The summed E-state index contributed by atoms with van der Waals surface area (Å²) in [6, 6.07) is 20.9. The number of carbonyl (C=O) groups is 2. The van der Waals surface area contributed by atoms with Gasteiger partial charge in [-0.2, -0.15) is 0 Å². The molecule has 204 valence electrons. The predicted octanol–water partition coefficient (Wildman–Crippen LogP) is 4.92. The molecule has 0 spiro atoms. The highest BCUT2D eigenvalue weighted by Gasteiger charge is 2.36. The molecule has 0 bridgehead atoms. The van der Waals surface area contributed by atoms with Gasteiger partial charge in [0, 0.05) is 5.54 Å². The number of para-hydroxylation sites is 3. The number of hydrogen-bond donors (Lipinski definition) is 1. The van der Waals surface area contributed by atoms with Crippen molar-refractivity contribution < 1.29 is 19.1 Å². The van der Waals surface area contributed by atoms with Crippen LogP contribution in [0.25, 0.3) is 11.0 Å². The number of aromatic nitrogens is 3. The summed E-state index contributed by atoms with van der Waals surface area (Å²) in [5, 5.41) is 11.5. The second-order valence-corrected chi connectivity index (χ2v) is 9.80. The minimum atomic E-state index is -0.995. The molecule has 1 heterocycles. The van der Waals surface area contributed by atoms with Crippen molar-refractivity contribution in [1.29, 1.82) is 0 Å². The molecule has 0 aliphatic carbocycles.